The van der Waals surface area contributed by atoms with Gasteiger partial charge in [0.05, 0.1) is 5.69 Å². The van der Waals surface area contributed by atoms with Gasteiger partial charge in [0.25, 0.3) is 0 Å². The zero-order valence-electron chi connectivity index (χ0n) is 8.25. The van der Waals surface area contributed by atoms with Crippen molar-refractivity contribution in [2.45, 2.75) is 19.8 Å². The highest BCUT2D eigenvalue weighted by atomic mass is 19.1. The summed E-state index contributed by atoms with van der Waals surface area (Å²) in [7, 11) is 0. The summed E-state index contributed by atoms with van der Waals surface area (Å²) in [6.45, 7) is 4.21. The molecular formula is C11H12FNO. The molecule has 2 nitrogen and oxygen atoms in total. The van der Waals surface area contributed by atoms with Gasteiger partial charge in [-0.05, 0) is 17.7 Å². The van der Waals surface area contributed by atoms with E-state index in [9.17, 15) is 9.18 Å². The van der Waals surface area contributed by atoms with E-state index in [1.54, 1.807) is 11.0 Å². The summed E-state index contributed by atoms with van der Waals surface area (Å²) >= 11 is 0. The summed E-state index contributed by atoms with van der Waals surface area (Å²) in [5.74, 6) is -0.0141. The van der Waals surface area contributed by atoms with Crippen LogP contribution in [0.2, 0.25) is 0 Å². The molecule has 1 amide bonds. The van der Waals surface area contributed by atoms with Crippen LogP contribution in [0.1, 0.15) is 25.3 Å². The van der Waals surface area contributed by atoms with Crippen molar-refractivity contribution in [1.82, 2.24) is 0 Å². The maximum Gasteiger partial charge on any atom is 0.223 e. The van der Waals surface area contributed by atoms with Crippen molar-refractivity contribution in [3.05, 3.63) is 29.6 Å². The highest BCUT2D eigenvalue weighted by molar-refractivity contribution is 5.94. The molecule has 0 saturated heterocycles. The summed E-state index contributed by atoms with van der Waals surface area (Å²) in [6.07, 6.45) is 0. The summed E-state index contributed by atoms with van der Waals surface area (Å²) in [4.78, 5) is 12.9. The molecule has 0 spiro atoms. The van der Waals surface area contributed by atoms with Crippen LogP contribution in [0.4, 0.5) is 10.1 Å². The van der Waals surface area contributed by atoms with Crippen LogP contribution >= 0.6 is 0 Å². The minimum Gasteiger partial charge on any atom is -0.312 e. The van der Waals surface area contributed by atoms with Gasteiger partial charge < -0.3 is 4.90 Å². The first-order valence-electron chi connectivity index (χ1n) is 4.67. The number of rotatable bonds is 0. The lowest BCUT2D eigenvalue weighted by molar-refractivity contribution is -0.116. The number of hydrogen-bond acceptors (Lipinski definition) is 1. The standard InChI is InChI=1S/C11H12FNO/c1-7-6-13(8(2)14)11-5-9(12)3-4-10(7)11/h3-5,7H,6H2,1-2H3. The summed E-state index contributed by atoms with van der Waals surface area (Å²) < 4.78 is 13.0. The van der Waals surface area contributed by atoms with Crippen LogP contribution in [0.15, 0.2) is 18.2 Å². The average molecular weight is 193 g/mol. The van der Waals surface area contributed by atoms with E-state index in [0.717, 1.165) is 11.3 Å². The lowest BCUT2D eigenvalue weighted by Gasteiger charge is -2.14. The SMILES string of the molecule is CC(=O)N1CC(C)c2ccc(F)cc21. The van der Waals surface area contributed by atoms with Gasteiger partial charge in [0.1, 0.15) is 5.82 Å². The first kappa shape index (κ1) is 9.19. The van der Waals surface area contributed by atoms with Gasteiger partial charge >= 0.3 is 0 Å². The molecule has 74 valence electrons. The Kier molecular flexibility index (Phi) is 2.02. The highest BCUT2D eigenvalue weighted by Crippen LogP contribution is 2.36. The number of hydrogen-bond donors (Lipinski definition) is 0. The number of halogens is 1. The van der Waals surface area contributed by atoms with Crippen molar-refractivity contribution < 1.29 is 9.18 Å². The lowest BCUT2D eigenvalue weighted by Crippen LogP contribution is -2.26. The van der Waals surface area contributed by atoms with Crippen LogP contribution < -0.4 is 4.90 Å². The molecule has 0 fully saturated rings. The van der Waals surface area contributed by atoms with Gasteiger partial charge in [-0.1, -0.05) is 13.0 Å². The minimum atomic E-state index is -0.288. The molecule has 0 bridgehead atoms. The third-order valence-corrected chi connectivity index (χ3v) is 2.65. The van der Waals surface area contributed by atoms with Crippen molar-refractivity contribution in [3.63, 3.8) is 0 Å². The Balaban J connectivity index is 2.51. The van der Waals surface area contributed by atoms with Gasteiger partial charge in [0.2, 0.25) is 5.91 Å². The number of amides is 1. The molecule has 0 N–H and O–H groups in total. The second-order valence-electron chi connectivity index (χ2n) is 3.73. The molecule has 1 aliphatic rings. The molecule has 1 aromatic rings. The van der Waals surface area contributed by atoms with E-state index in [4.69, 9.17) is 0 Å². The first-order valence-corrected chi connectivity index (χ1v) is 4.67. The number of carbonyl (C=O) groups is 1. The molecule has 1 unspecified atom stereocenters. The Morgan fingerprint density at radius 2 is 2.29 bits per heavy atom. The quantitative estimate of drug-likeness (QED) is 0.619. The summed E-state index contributed by atoms with van der Waals surface area (Å²) in [6, 6.07) is 4.64. The minimum absolute atomic E-state index is 0.0267. The average Bonchev–Trinajstić information content (AvgIpc) is 2.43. The summed E-state index contributed by atoms with van der Waals surface area (Å²) in [5.41, 5.74) is 1.78. The van der Waals surface area contributed by atoms with Crippen molar-refractivity contribution >= 4 is 11.6 Å². The van der Waals surface area contributed by atoms with Gasteiger partial charge in [0.15, 0.2) is 0 Å². The van der Waals surface area contributed by atoms with Crippen molar-refractivity contribution in [2.75, 3.05) is 11.4 Å². The van der Waals surface area contributed by atoms with Crippen LogP contribution in [0.25, 0.3) is 0 Å². The maximum atomic E-state index is 13.0. The third-order valence-electron chi connectivity index (χ3n) is 2.65. The molecule has 1 heterocycles. The van der Waals surface area contributed by atoms with Crippen LogP contribution in [-0.4, -0.2) is 12.5 Å². The molecule has 1 aromatic carbocycles. The molecule has 0 aromatic heterocycles. The summed E-state index contributed by atoms with van der Waals surface area (Å²) in [5, 5.41) is 0. The second kappa shape index (κ2) is 3.08. The molecule has 2 rings (SSSR count). The van der Waals surface area contributed by atoms with Crippen molar-refractivity contribution in [2.24, 2.45) is 0 Å². The van der Waals surface area contributed by atoms with E-state index < -0.39 is 0 Å². The van der Waals surface area contributed by atoms with Crippen molar-refractivity contribution in [3.8, 4) is 0 Å². The number of fused-ring (bicyclic) bond motifs is 1. The fourth-order valence-electron chi connectivity index (χ4n) is 1.94. The molecule has 0 aliphatic carbocycles. The van der Waals surface area contributed by atoms with E-state index in [-0.39, 0.29) is 11.7 Å². The number of nitrogens with zero attached hydrogens (tertiary/aromatic N) is 1. The highest BCUT2D eigenvalue weighted by Gasteiger charge is 2.27. The monoisotopic (exact) mass is 193 g/mol. The molecule has 1 aliphatic heterocycles. The zero-order chi connectivity index (χ0) is 10.3. The predicted octanol–water partition coefficient (Wildman–Crippen LogP) is 2.30. The topological polar surface area (TPSA) is 20.3 Å². The molecule has 0 saturated carbocycles. The Hall–Kier alpha value is -1.38. The smallest absolute Gasteiger partial charge is 0.223 e. The Labute approximate surface area is 82.3 Å². The van der Waals surface area contributed by atoms with E-state index in [2.05, 4.69) is 0 Å². The van der Waals surface area contributed by atoms with E-state index in [1.165, 1.54) is 19.1 Å². The van der Waals surface area contributed by atoms with Gasteiger partial charge in [-0.25, -0.2) is 4.39 Å². The second-order valence-corrected chi connectivity index (χ2v) is 3.73. The Bertz CT molecular complexity index is 389. The fraction of sp³-hybridized carbons (Fsp3) is 0.364. The van der Waals surface area contributed by atoms with Crippen LogP contribution in [0.3, 0.4) is 0 Å². The van der Waals surface area contributed by atoms with Gasteiger partial charge in [0, 0.05) is 19.4 Å². The normalized spacial score (nSPS) is 19.6. The molecular weight excluding hydrogens is 181 g/mol. The molecule has 1 atom stereocenters. The van der Waals surface area contributed by atoms with Gasteiger partial charge in [-0.2, -0.15) is 0 Å². The van der Waals surface area contributed by atoms with E-state index in [0.29, 0.717) is 12.5 Å². The number of anilines is 1. The lowest BCUT2D eigenvalue weighted by atomic mass is 10.0. The Morgan fingerprint density at radius 3 is 2.93 bits per heavy atom. The fourth-order valence-corrected chi connectivity index (χ4v) is 1.94. The van der Waals surface area contributed by atoms with Crippen LogP contribution in [0, 0.1) is 5.82 Å². The zero-order valence-corrected chi connectivity index (χ0v) is 8.25. The third kappa shape index (κ3) is 1.29. The van der Waals surface area contributed by atoms with E-state index >= 15 is 0 Å². The van der Waals surface area contributed by atoms with Gasteiger partial charge in [-0.3, -0.25) is 4.79 Å². The van der Waals surface area contributed by atoms with E-state index in [1.807, 2.05) is 6.92 Å². The largest absolute Gasteiger partial charge is 0.312 e. The molecule has 0 radical (unpaired) electrons. The van der Waals surface area contributed by atoms with Crippen molar-refractivity contribution in [1.29, 1.82) is 0 Å². The van der Waals surface area contributed by atoms with Gasteiger partial charge in [-0.15, -0.1) is 0 Å². The van der Waals surface area contributed by atoms with Crippen LogP contribution in [0.5, 0.6) is 0 Å². The molecule has 3 heteroatoms. The number of carbonyl (C=O) groups excluding carboxylic acids is 1. The molecule has 14 heavy (non-hydrogen) atoms. The first-order chi connectivity index (χ1) is 6.59. The Morgan fingerprint density at radius 1 is 1.57 bits per heavy atom. The maximum absolute atomic E-state index is 13.0. The van der Waals surface area contributed by atoms with Crippen LogP contribution in [-0.2, 0) is 4.79 Å². The predicted molar refractivity (Wildman–Crippen MR) is 52.8 cm³/mol. The number of benzene rings is 1.